The number of nitrogens with zero attached hydrogens (tertiary/aromatic N) is 1. The van der Waals surface area contributed by atoms with E-state index < -0.39 is 0 Å². The fourth-order valence-corrected chi connectivity index (χ4v) is 3.08. The molecule has 25 heavy (non-hydrogen) atoms. The van der Waals surface area contributed by atoms with Crippen molar-refractivity contribution >= 4 is 17.4 Å². The van der Waals surface area contributed by atoms with Gasteiger partial charge in [0.25, 0.3) is 5.91 Å². The number of piperidine rings is 1. The third-order valence-corrected chi connectivity index (χ3v) is 4.30. The Hall–Kier alpha value is -2.24. The molecule has 0 aromatic heterocycles. The van der Waals surface area contributed by atoms with Crippen LogP contribution in [-0.2, 0) is 9.59 Å². The highest BCUT2D eigenvalue weighted by Crippen LogP contribution is 2.30. The summed E-state index contributed by atoms with van der Waals surface area (Å²) >= 11 is 0. The van der Waals surface area contributed by atoms with E-state index in [4.69, 9.17) is 9.47 Å². The Morgan fingerprint density at radius 3 is 2.60 bits per heavy atom. The molecule has 6 nitrogen and oxygen atoms in total. The lowest BCUT2D eigenvalue weighted by molar-refractivity contribution is -0.145. The normalized spacial score (nSPS) is 17.3. The van der Waals surface area contributed by atoms with Gasteiger partial charge >= 0.3 is 0 Å². The summed E-state index contributed by atoms with van der Waals surface area (Å²) in [5.74, 6) is 0.882. The lowest BCUT2D eigenvalue weighted by atomic mass is 10.0. The van der Waals surface area contributed by atoms with E-state index in [9.17, 15) is 9.59 Å². The second-order valence-corrected chi connectivity index (χ2v) is 6.83. The minimum Gasteiger partial charge on any atom is -0.493 e. The first-order valence-electron chi connectivity index (χ1n) is 8.75. The molecule has 0 radical (unpaired) electrons. The Labute approximate surface area is 149 Å². The van der Waals surface area contributed by atoms with Crippen molar-refractivity contribution in [2.24, 2.45) is 5.92 Å². The third kappa shape index (κ3) is 5.11. The second kappa shape index (κ2) is 8.74. The smallest absolute Gasteiger partial charge is 0.290 e. The molecule has 0 spiro atoms. The van der Waals surface area contributed by atoms with Crippen molar-refractivity contribution in [1.82, 2.24) is 4.90 Å². The van der Waals surface area contributed by atoms with E-state index >= 15 is 0 Å². The van der Waals surface area contributed by atoms with Crippen LogP contribution in [0.1, 0.15) is 33.1 Å². The van der Waals surface area contributed by atoms with Gasteiger partial charge in [-0.2, -0.15) is 0 Å². The lowest BCUT2D eigenvalue weighted by Gasteiger charge is -2.33. The summed E-state index contributed by atoms with van der Waals surface area (Å²) in [4.78, 5) is 26.0. The minimum atomic E-state index is -0.354. The molecule has 0 unspecified atom stereocenters. The number of rotatable bonds is 7. The van der Waals surface area contributed by atoms with Crippen molar-refractivity contribution in [3.8, 4) is 11.5 Å². The van der Waals surface area contributed by atoms with Gasteiger partial charge in [-0.05, 0) is 30.9 Å². The number of amides is 1. The van der Waals surface area contributed by atoms with Gasteiger partial charge in [-0.3, -0.25) is 9.59 Å². The highest BCUT2D eigenvalue weighted by Gasteiger charge is 2.28. The van der Waals surface area contributed by atoms with Crippen LogP contribution in [0.15, 0.2) is 18.2 Å². The number of ketones is 1. The van der Waals surface area contributed by atoms with Crippen LogP contribution in [0.25, 0.3) is 0 Å². The molecule has 1 aliphatic rings. The molecule has 0 bridgehead atoms. The molecule has 1 fully saturated rings. The molecule has 0 saturated carbocycles. The topological polar surface area (TPSA) is 67.9 Å². The fraction of sp³-hybridized carbons (Fsp3) is 0.579. The van der Waals surface area contributed by atoms with E-state index in [1.54, 1.807) is 19.1 Å². The number of anilines is 1. The zero-order chi connectivity index (χ0) is 18.4. The number of carbonyl (C=O) groups excluding carboxylic acids is 2. The lowest BCUT2D eigenvalue weighted by Crippen LogP contribution is -2.47. The number of carbonyl (C=O) groups is 2. The second-order valence-electron chi connectivity index (χ2n) is 6.83. The van der Waals surface area contributed by atoms with Crippen molar-refractivity contribution in [2.75, 3.05) is 32.6 Å². The van der Waals surface area contributed by atoms with Gasteiger partial charge in [0.1, 0.15) is 0 Å². The van der Waals surface area contributed by atoms with E-state index in [2.05, 4.69) is 5.32 Å². The molecule has 1 aliphatic heterocycles. The molecule has 1 aromatic rings. The maximum Gasteiger partial charge on any atom is 0.290 e. The van der Waals surface area contributed by atoms with Crippen LogP contribution < -0.4 is 14.8 Å². The molecular formula is C19H28N2O4. The predicted octanol–water partition coefficient (Wildman–Crippen LogP) is 2.72. The molecular weight excluding hydrogens is 320 g/mol. The number of hydrogen-bond acceptors (Lipinski definition) is 5. The van der Waals surface area contributed by atoms with E-state index in [1.165, 1.54) is 0 Å². The van der Waals surface area contributed by atoms with Crippen LogP contribution in [-0.4, -0.2) is 49.9 Å². The van der Waals surface area contributed by atoms with Gasteiger partial charge in [-0.25, -0.2) is 0 Å². The Kier molecular flexibility index (Phi) is 6.67. The number of nitrogens with one attached hydrogen (secondary N) is 1. The van der Waals surface area contributed by atoms with Gasteiger partial charge in [0.05, 0.1) is 14.2 Å². The summed E-state index contributed by atoms with van der Waals surface area (Å²) in [6.45, 7) is 5.08. The average molecular weight is 348 g/mol. The summed E-state index contributed by atoms with van der Waals surface area (Å²) in [5.41, 5.74) is 0.908. The molecule has 1 saturated heterocycles. The number of Topliss-reactive ketones (excluding diaryl/α,β-unsaturated/α-hetero) is 1. The third-order valence-electron chi connectivity index (χ3n) is 4.30. The molecule has 1 amide bonds. The van der Waals surface area contributed by atoms with Gasteiger partial charge in [-0.15, -0.1) is 0 Å². The maximum absolute atomic E-state index is 12.3. The van der Waals surface area contributed by atoms with E-state index in [0.717, 1.165) is 18.5 Å². The van der Waals surface area contributed by atoms with Crippen LogP contribution >= 0.6 is 0 Å². The average Bonchev–Trinajstić information content (AvgIpc) is 2.60. The number of likely N-dealkylation sites (tertiary alicyclic amines) is 1. The summed E-state index contributed by atoms with van der Waals surface area (Å²) < 4.78 is 10.6. The van der Waals surface area contributed by atoms with Crippen LogP contribution in [0.5, 0.6) is 11.5 Å². The summed E-state index contributed by atoms with van der Waals surface area (Å²) in [6.07, 6.45) is 2.14. The molecule has 1 N–H and O–H groups in total. The van der Waals surface area contributed by atoms with Crippen LogP contribution in [0, 0.1) is 5.92 Å². The summed E-state index contributed by atoms with van der Waals surface area (Å²) in [5, 5.41) is 3.43. The van der Waals surface area contributed by atoms with Gasteiger partial charge < -0.3 is 19.7 Å². The van der Waals surface area contributed by atoms with Crippen LogP contribution in [0.3, 0.4) is 0 Å². The number of methoxy groups -OCH3 is 2. The van der Waals surface area contributed by atoms with Gasteiger partial charge in [-0.1, -0.05) is 13.8 Å². The monoisotopic (exact) mass is 348 g/mol. The molecule has 2 rings (SSSR count). The zero-order valence-electron chi connectivity index (χ0n) is 15.5. The minimum absolute atomic E-state index is 0.114. The van der Waals surface area contributed by atoms with Gasteiger partial charge in [0, 0.05) is 37.3 Å². The Morgan fingerprint density at radius 1 is 1.24 bits per heavy atom. The Bertz CT molecular complexity index is 615. The predicted molar refractivity (Wildman–Crippen MR) is 97.2 cm³/mol. The molecule has 138 valence electrons. The van der Waals surface area contributed by atoms with Crippen molar-refractivity contribution < 1.29 is 19.1 Å². The fourth-order valence-electron chi connectivity index (χ4n) is 3.08. The highest BCUT2D eigenvalue weighted by atomic mass is 16.5. The molecule has 6 heteroatoms. The van der Waals surface area contributed by atoms with E-state index in [0.29, 0.717) is 31.0 Å². The highest BCUT2D eigenvalue weighted by molar-refractivity contribution is 6.36. The number of benzene rings is 1. The number of hydrogen-bond donors (Lipinski definition) is 1. The van der Waals surface area contributed by atoms with Gasteiger partial charge in [0.2, 0.25) is 5.78 Å². The quantitative estimate of drug-likeness (QED) is 0.768. The van der Waals surface area contributed by atoms with Crippen LogP contribution in [0.4, 0.5) is 5.69 Å². The summed E-state index contributed by atoms with van der Waals surface area (Å²) in [6, 6.07) is 5.76. The van der Waals surface area contributed by atoms with E-state index in [-0.39, 0.29) is 23.7 Å². The Morgan fingerprint density at radius 2 is 1.96 bits per heavy atom. The maximum atomic E-state index is 12.3. The first-order valence-corrected chi connectivity index (χ1v) is 8.75. The largest absolute Gasteiger partial charge is 0.493 e. The number of ether oxygens (including phenoxy) is 2. The van der Waals surface area contributed by atoms with Crippen molar-refractivity contribution in [2.45, 2.75) is 39.2 Å². The zero-order valence-corrected chi connectivity index (χ0v) is 15.5. The van der Waals surface area contributed by atoms with Crippen molar-refractivity contribution in [1.29, 1.82) is 0 Å². The molecule has 0 aliphatic carbocycles. The molecule has 1 atom stereocenters. The first kappa shape index (κ1) is 19.1. The van der Waals surface area contributed by atoms with E-state index in [1.807, 2.05) is 32.0 Å². The van der Waals surface area contributed by atoms with Crippen molar-refractivity contribution in [3.63, 3.8) is 0 Å². The SMILES string of the molecule is COc1ccc(N[C@@H]2CCCN(C(=O)C(=O)CC(C)C)C2)cc1OC. The Balaban J connectivity index is 1.99. The van der Waals surface area contributed by atoms with Gasteiger partial charge in [0.15, 0.2) is 11.5 Å². The standard InChI is InChI=1S/C19H28N2O4/c1-13(2)10-16(22)19(23)21-9-5-6-15(12-21)20-14-7-8-17(24-3)18(11-14)25-4/h7-8,11,13,15,20H,5-6,9-10,12H2,1-4H3/t15-/m1/s1. The van der Waals surface area contributed by atoms with Crippen molar-refractivity contribution in [3.05, 3.63) is 18.2 Å². The summed E-state index contributed by atoms with van der Waals surface area (Å²) in [7, 11) is 3.20. The molecule has 1 heterocycles. The van der Waals surface area contributed by atoms with Crippen LogP contribution in [0.2, 0.25) is 0 Å². The first-order chi connectivity index (χ1) is 11.9. The molecule has 1 aromatic carbocycles.